The van der Waals surface area contributed by atoms with E-state index in [1.54, 1.807) is 67.6 Å². The Kier molecular flexibility index (Phi) is 6.23. The largest absolute Gasteiger partial charge is 0.453 e. The summed E-state index contributed by atoms with van der Waals surface area (Å²) < 4.78 is 30.4. The standard InChI is InChI=1S/C20H18BrFO5/c1-12-16(26-19(23)13-8-4-2-5-9-13)17(15(21)18(22)25-12)27-20(24)14-10-6-3-7-11-14/h2-12,15-18H,1H3/t12-,15+,16-,17-,18+/m1/s1. The highest BCUT2D eigenvalue weighted by molar-refractivity contribution is 9.09. The molecule has 7 heteroatoms. The van der Waals surface area contributed by atoms with Gasteiger partial charge < -0.3 is 14.2 Å². The minimum absolute atomic E-state index is 0.319. The van der Waals surface area contributed by atoms with Gasteiger partial charge in [-0.3, -0.25) is 0 Å². The zero-order chi connectivity index (χ0) is 19.4. The minimum atomic E-state index is -1.71. The molecule has 1 heterocycles. The lowest BCUT2D eigenvalue weighted by Gasteiger charge is -2.39. The van der Waals surface area contributed by atoms with Gasteiger partial charge in [-0.1, -0.05) is 52.3 Å². The summed E-state index contributed by atoms with van der Waals surface area (Å²) in [6.45, 7) is 1.57. The van der Waals surface area contributed by atoms with Crippen molar-refractivity contribution in [1.29, 1.82) is 0 Å². The van der Waals surface area contributed by atoms with Crippen LogP contribution in [-0.4, -0.2) is 41.4 Å². The van der Waals surface area contributed by atoms with Gasteiger partial charge in [0.1, 0.15) is 4.83 Å². The fourth-order valence-electron chi connectivity index (χ4n) is 2.78. The number of carbonyl (C=O) groups excluding carboxylic acids is 2. The summed E-state index contributed by atoms with van der Waals surface area (Å²) in [6.07, 6.45) is -4.53. The molecule has 0 aromatic heterocycles. The number of hydrogen-bond donors (Lipinski definition) is 0. The number of carbonyl (C=O) groups is 2. The molecular formula is C20H18BrFO5. The molecule has 27 heavy (non-hydrogen) atoms. The third kappa shape index (κ3) is 4.54. The van der Waals surface area contributed by atoms with Gasteiger partial charge in [0.25, 0.3) is 0 Å². The van der Waals surface area contributed by atoms with E-state index in [2.05, 4.69) is 15.9 Å². The van der Waals surface area contributed by atoms with E-state index >= 15 is 0 Å². The van der Waals surface area contributed by atoms with Crippen molar-refractivity contribution in [2.75, 3.05) is 0 Å². The summed E-state index contributed by atoms with van der Waals surface area (Å²) in [5, 5.41) is 0. The first-order valence-electron chi connectivity index (χ1n) is 8.43. The van der Waals surface area contributed by atoms with Crippen molar-refractivity contribution in [3.05, 3.63) is 71.8 Å². The topological polar surface area (TPSA) is 61.8 Å². The van der Waals surface area contributed by atoms with Crippen molar-refractivity contribution < 1.29 is 28.2 Å². The van der Waals surface area contributed by atoms with E-state index < -0.39 is 41.4 Å². The molecule has 0 bridgehead atoms. The summed E-state index contributed by atoms with van der Waals surface area (Å²) in [4.78, 5) is 23.9. The van der Waals surface area contributed by atoms with E-state index in [0.29, 0.717) is 11.1 Å². The normalized spacial score (nSPS) is 27.6. The first kappa shape index (κ1) is 19.5. The van der Waals surface area contributed by atoms with E-state index in [-0.39, 0.29) is 0 Å². The first-order chi connectivity index (χ1) is 13.0. The maximum absolute atomic E-state index is 14.2. The predicted octanol–water partition coefficient (Wildman–Crippen LogP) is 3.92. The van der Waals surface area contributed by atoms with Crippen molar-refractivity contribution in [3.63, 3.8) is 0 Å². The molecule has 1 fully saturated rings. The fourth-order valence-corrected chi connectivity index (χ4v) is 3.32. The van der Waals surface area contributed by atoms with Crippen LogP contribution in [0.2, 0.25) is 0 Å². The molecule has 3 rings (SSSR count). The monoisotopic (exact) mass is 436 g/mol. The Hall–Kier alpha value is -2.25. The molecular weight excluding hydrogens is 419 g/mol. The zero-order valence-electron chi connectivity index (χ0n) is 14.5. The van der Waals surface area contributed by atoms with E-state index in [4.69, 9.17) is 14.2 Å². The number of esters is 2. The van der Waals surface area contributed by atoms with Gasteiger partial charge in [-0.05, 0) is 31.2 Å². The van der Waals surface area contributed by atoms with Crippen molar-refractivity contribution in [2.24, 2.45) is 0 Å². The van der Waals surface area contributed by atoms with E-state index in [9.17, 15) is 14.0 Å². The number of ether oxygens (including phenoxy) is 3. The van der Waals surface area contributed by atoms with Gasteiger partial charge in [-0.25, -0.2) is 14.0 Å². The van der Waals surface area contributed by atoms with E-state index in [1.807, 2.05) is 0 Å². The third-order valence-electron chi connectivity index (χ3n) is 4.20. The second-order valence-corrected chi connectivity index (χ2v) is 7.17. The summed E-state index contributed by atoms with van der Waals surface area (Å²) in [5.74, 6) is -1.24. The van der Waals surface area contributed by atoms with Crippen molar-refractivity contribution in [1.82, 2.24) is 0 Å². The molecule has 142 valence electrons. The fraction of sp³-hybridized carbons (Fsp3) is 0.300. The van der Waals surface area contributed by atoms with Gasteiger partial charge in [0.2, 0.25) is 6.36 Å². The van der Waals surface area contributed by atoms with Gasteiger partial charge in [0.15, 0.2) is 12.2 Å². The van der Waals surface area contributed by atoms with Crippen LogP contribution in [-0.2, 0) is 14.2 Å². The Balaban J connectivity index is 1.80. The number of hydrogen-bond acceptors (Lipinski definition) is 5. The molecule has 2 aromatic carbocycles. The maximum Gasteiger partial charge on any atom is 0.338 e. The average Bonchev–Trinajstić information content (AvgIpc) is 2.69. The molecule has 1 saturated heterocycles. The molecule has 0 spiro atoms. The molecule has 5 nitrogen and oxygen atoms in total. The highest BCUT2D eigenvalue weighted by Gasteiger charge is 2.48. The third-order valence-corrected chi connectivity index (χ3v) is 5.14. The Bertz CT molecular complexity index is 785. The molecule has 0 amide bonds. The lowest BCUT2D eigenvalue weighted by atomic mass is 10.0. The Morgan fingerprint density at radius 1 is 0.889 bits per heavy atom. The van der Waals surface area contributed by atoms with Gasteiger partial charge in [0, 0.05) is 0 Å². The molecule has 0 radical (unpaired) electrons. The Morgan fingerprint density at radius 3 is 1.81 bits per heavy atom. The molecule has 1 aliphatic heterocycles. The van der Waals surface area contributed by atoms with Crippen LogP contribution in [0.15, 0.2) is 60.7 Å². The Labute approximate surface area is 164 Å². The number of rotatable bonds is 4. The number of alkyl halides is 2. The second-order valence-electron chi connectivity index (χ2n) is 6.11. The van der Waals surface area contributed by atoms with Crippen molar-refractivity contribution >= 4 is 27.9 Å². The highest BCUT2D eigenvalue weighted by Crippen LogP contribution is 2.32. The smallest absolute Gasteiger partial charge is 0.338 e. The zero-order valence-corrected chi connectivity index (χ0v) is 16.0. The quantitative estimate of drug-likeness (QED) is 0.536. The molecule has 0 aliphatic carbocycles. The van der Waals surface area contributed by atoms with Crippen LogP contribution in [0.1, 0.15) is 27.6 Å². The average molecular weight is 437 g/mol. The van der Waals surface area contributed by atoms with Crippen LogP contribution in [0.25, 0.3) is 0 Å². The molecule has 2 aromatic rings. The molecule has 0 saturated carbocycles. The summed E-state index contributed by atoms with van der Waals surface area (Å²) in [5.41, 5.74) is 0.659. The van der Waals surface area contributed by atoms with Crippen LogP contribution >= 0.6 is 15.9 Å². The molecule has 0 unspecified atom stereocenters. The van der Waals surface area contributed by atoms with Crippen LogP contribution in [0.3, 0.4) is 0 Å². The first-order valence-corrected chi connectivity index (χ1v) is 9.34. The number of halogens is 2. The Morgan fingerprint density at radius 2 is 1.33 bits per heavy atom. The maximum atomic E-state index is 14.2. The van der Waals surface area contributed by atoms with Crippen LogP contribution in [0.4, 0.5) is 4.39 Å². The van der Waals surface area contributed by atoms with Gasteiger partial charge in [-0.15, -0.1) is 0 Å². The van der Waals surface area contributed by atoms with Crippen molar-refractivity contribution in [2.45, 2.75) is 36.4 Å². The highest BCUT2D eigenvalue weighted by atomic mass is 79.9. The summed E-state index contributed by atoms with van der Waals surface area (Å²) in [6, 6.07) is 16.7. The van der Waals surface area contributed by atoms with Crippen LogP contribution in [0, 0.1) is 0 Å². The van der Waals surface area contributed by atoms with E-state index in [1.165, 1.54) is 0 Å². The van der Waals surface area contributed by atoms with E-state index in [0.717, 1.165) is 0 Å². The minimum Gasteiger partial charge on any atom is -0.453 e. The molecule has 1 aliphatic rings. The van der Waals surface area contributed by atoms with Gasteiger partial charge in [-0.2, -0.15) is 0 Å². The second kappa shape index (κ2) is 8.63. The predicted molar refractivity (Wildman–Crippen MR) is 99.4 cm³/mol. The lowest BCUT2D eigenvalue weighted by molar-refractivity contribution is -0.194. The summed E-state index contributed by atoms with van der Waals surface area (Å²) >= 11 is 3.17. The number of benzene rings is 2. The van der Waals surface area contributed by atoms with Gasteiger partial charge >= 0.3 is 11.9 Å². The SMILES string of the molecule is C[C@H]1O[C@H](F)[C@@H](Br)[C@@H](OC(=O)c2ccccc2)[C@@H]1OC(=O)c1ccccc1. The lowest BCUT2D eigenvalue weighted by Crippen LogP contribution is -2.56. The van der Waals surface area contributed by atoms with Crippen LogP contribution in [0.5, 0.6) is 0 Å². The molecule has 5 atom stereocenters. The molecule has 0 N–H and O–H groups in total. The van der Waals surface area contributed by atoms with Crippen LogP contribution < -0.4 is 0 Å². The summed E-state index contributed by atoms with van der Waals surface area (Å²) in [7, 11) is 0. The van der Waals surface area contributed by atoms with Crippen molar-refractivity contribution in [3.8, 4) is 0 Å². The van der Waals surface area contributed by atoms with Gasteiger partial charge in [0.05, 0.1) is 17.2 Å².